The van der Waals surface area contributed by atoms with Gasteiger partial charge in [0.25, 0.3) is 0 Å². The normalized spacial score (nSPS) is 10.5. The van der Waals surface area contributed by atoms with Crippen LogP contribution in [-0.4, -0.2) is 9.78 Å². The largest absolute Gasteiger partial charge is 0.396 e. The lowest BCUT2D eigenvalue weighted by molar-refractivity contribution is 0.662. The molecule has 0 fully saturated rings. The van der Waals surface area contributed by atoms with Gasteiger partial charge < -0.3 is 5.73 Å². The minimum absolute atomic E-state index is 0.657. The second-order valence-electron chi connectivity index (χ2n) is 3.27. The Labute approximate surface area is 93.5 Å². The van der Waals surface area contributed by atoms with E-state index in [1.165, 1.54) is 0 Å². The summed E-state index contributed by atoms with van der Waals surface area (Å²) in [7, 11) is 0. The van der Waals surface area contributed by atoms with E-state index in [2.05, 4.69) is 5.10 Å². The molecular weight excluding hydrogens is 210 g/mol. The molecule has 15 heavy (non-hydrogen) atoms. The summed E-state index contributed by atoms with van der Waals surface area (Å²) < 4.78 is 1.80. The van der Waals surface area contributed by atoms with Crippen LogP contribution in [0.1, 0.15) is 6.92 Å². The monoisotopic (exact) mass is 221 g/mol. The molecule has 0 saturated heterocycles. The Bertz CT molecular complexity index is 476. The molecule has 0 amide bonds. The van der Waals surface area contributed by atoms with Gasteiger partial charge in [-0.05, 0) is 13.0 Å². The fourth-order valence-corrected chi connectivity index (χ4v) is 1.69. The average Bonchev–Trinajstić information content (AvgIpc) is 2.60. The van der Waals surface area contributed by atoms with Crippen LogP contribution in [0.4, 0.5) is 5.69 Å². The lowest BCUT2D eigenvalue weighted by Gasteiger charge is -2.00. The molecule has 0 bridgehead atoms. The van der Waals surface area contributed by atoms with Crippen molar-refractivity contribution < 1.29 is 0 Å². The van der Waals surface area contributed by atoms with Crippen molar-refractivity contribution in [2.75, 3.05) is 5.73 Å². The van der Waals surface area contributed by atoms with Gasteiger partial charge >= 0.3 is 0 Å². The van der Waals surface area contributed by atoms with Gasteiger partial charge in [-0.15, -0.1) is 0 Å². The number of anilines is 1. The minimum atomic E-state index is 0.657. The van der Waals surface area contributed by atoms with Crippen LogP contribution in [0, 0.1) is 0 Å². The number of hydrogen-bond donors (Lipinski definition) is 1. The number of rotatable bonds is 2. The van der Waals surface area contributed by atoms with Gasteiger partial charge in [-0.25, -0.2) is 0 Å². The quantitative estimate of drug-likeness (QED) is 0.848. The highest BCUT2D eigenvalue weighted by atomic mass is 35.5. The van der Waals surface area contributed by atoms with E-state index in [0.29, 0.717) is 10.7 Å². The van der Waals surface area contributed by atoms with Gasteiger partial charge in [0.05, 0.1) is 10.7 Å². The van der Waals surface area contributed by atoms with Gasteiger partial charge in [-0.1, -0.05) is 29.8 Å². The van der Waals surface area contributed by atoms with Crippen LogP contribution in [0.2, 0.25) is 5.02 Å². The van der Waals surface area contributed by atoms with Gasteiger partial charge in [0.15, 0.2) is 0 Å². The molecule has 78 valence electrons. The van der Waals surface area contributed by atoms with Crippen LogP contribution in [0.15, 0.2) is 30.5 Å². The highest BCUT2D eigenvalue weighted by molar-refractivity contribution is 6.33. The Morgan fingerprint density at radius 2 is 2.13 bits per heavy atom. The van der Waals surface area contributed by atoms with E-state index < -0.39 is 0 Å². The predicted octanol–water partition coefficient (Wildman–Crippen LogP) is 2.81. The van der Waals surface area contributed by atoms with E-state index in [-0.39, 0.29) is 0 Å². The Morgan fingerprint density at radius 1 is 1.40 bits per heavy atom. The molecule has 0 aliphatic heterocycles. The molecule has 2 N–H and O–H groups in total. The van der Waals surface area contributed by atoms with Crippen molar-refractivity contribution in [3.63, 3.8) is 0 Å². The summed E-state index contributed by atoms with van der Waals surface area (Å²) in [5.74, 6) is 0. The van der Waals surface area contributed by atoms with Gasteiger partial charge in [-0.2, -0.15) is 5.10 Å². The van der Waals surface area contributed by atoms with Crippen molar-refractivity contribution in [1.29, 1.82) is 0 Å². The van der Waals surface area contributed by atoms with Crippen molar-refractivity contribution in [2.45, 2.75) is 13.5 Å². The number of hydrogen-bond acceptors (Lipinski definition) is 2. The predicted molar refractivity (Wildman–Crippen MR) is 62.8 cm³/mol. The molecule has 0 unspecified atom stereocenters. The van der Waals surface area contributed by atoms with Gasteiger partial charge in [0.2, 0.25) is 0 Å². The first-order valence-corrected chi connectivity index (χ1v) is 5.18. The number of aryl methyl sites for hydroxylation is 1. The number of nitrogens with zero attached hydrogens (tertiary/aromatic N) is 2. The first-order chi connectivity index (χ1) is 7.22. The second-order valence-corrected chi connectivity index (χ2v) is 3.68. The van der Waals surface area contributed by atoms with Crippen LogP contribution in [0.3, 0.4) is 0 Å². The van der Waals surface area contributed by atoms with E-state index in [1.807, 2.05) is 37.4 Å². The molecule has 1 heterocycles. The van der Waals surface area contributed by atoms with Crippen LogP contribution in [0.25, 0.3) is 11.3 Å². The summed E-state index contributed by atoms with van der Waals surface area (Å²) in [6, 6.07) is 7.56. The third-order valence-electron chi connectivity index (χ3n) is 2.24. The van der Waals surface area contributed by atoms with E-state index in [1.54, 1.807) is 4.68 Å². The minimum Gasteiger partial charge on any atom is -0.396 e. The van der Waals surface area contributed by atoms with E-state index in [4.69, 9.17) is 17.3 Å². The number of benzene rings is 1. The van der Waals surface area contributed by atoms with Crippen LogP contribution in [-0.2, 0) is 6.54 Å². The summed E-state index contributed by atoms with van der Waals surface area (Å²) in [6.07, 6.45) is 1.82. The molecule has 1 aromatic carbocycles. The Hall–Kier alpha value is -1.48. The maximum atomic E-state index is 6.08. The van der Waals surface area contributed by atoms with Crippen molar-refractivity contribution in [3.05, 3.63) is 35.5 Å². The molecule has 1 aromatic heterocycles. The summed E-state index contributed by atoms with van der Waals surface area (Å²) >= 11 is 6.08. The second kappa shape index (κ2) is 3.95. The average molecular weight is 222 g/mol. The number of nitrogen functional groups attached to an aromatic ring is 1. The molecule has 0 aliphatic rings. The highest BCUT2D eigenvalue weighted by Crippen LogP contribution is 2.30. The molecule has 2 aromatic rings. The molecule has 0 spiro atoms. The standard InChI is InChI=1S/C11H12ClN3/c1-2-15-7-10(13)11(14-15)8-5-3-4-6-9(8)12/h3-7H,2,13H2,1H3. The number of aromatic nitrogens is 2. The van der Waals surface area contributed by atoms with Gasteiger partial charge in [0.1, 0.15) is 5.69 Å². The molecule has 2 rings (SSSR count). The maximum absolute atomic E-state index is 6.08. The third kappa shape index (κ3) is 1.83. The van der Waals surface area contributed by atoms with Crippen LogP contribution < -0.4 is 5.73 Å². The summed E-state index contributed by atoms with van der Waals surface area (Å²) in [5, 5.41) is 5.04. The number of nitrogens with two attached hydrogens (primary N) is 1. The summed E-state index contributed by atoms with van der Waals surface area (Å²) in [6.45, 7) is 2.82. The first-order valence-electron chi connectivity index (χ1n) is 4.80. The van der Waals surface area contributed by atoms with Crippen molar-refractivity contribution in [2.24, 2.45) is 0 Å². The molecule has 3 nitrogen and oxygen atoms in total. The fraction of sp³-hybridized carbons (Fsp3) is 0.182. The van der Waals surface area contributed by atoms with Gasteiger partial charge in [-0.3, -0.25) is 4.68 Å². The van der Waals surface area contributed by atoms with Gasteiger partial charge in [0, 0.05) is 18.3 Å². The summed E-state index contributed by atoms with van der Waals surface area (Å²) in [5.41, 5.74) is 8.16. The number of halogens is 1. The lowest BCUT2D eigenvalue weighted by Crippen LogP contribution is -1.93. The van der Waals surface area contributed by atoms with Crippen LogP contribution >= 0.6 is 11.6 Å². The third-order valence-corrected chi connectivity index (χ3v) is 2.57. The Kier molecular flexibility index (Phi) is 2.64. The van der Waals surface area contributed by atoms with E-state index in [0.717, 1.165) is 17.8 Å². The first kappa shape index (κ1) is 10.1. The topological polar surface area (TPSA) is 43.8 Å². The van der Waals surface area contributed by atoms with Crippen molar-refractivity contribution in [1.82, 2.24) is 9.78 Å². The Balaban J connectivity index is 2.54. The molecule has 4 heteroatoms. The van der Waals surface area contributed by atoms with Crippen LogP contribution in [0.5, 0.6) is 0 Å². The zero-order chi connectivity index (χ0) is 10.8. The molecule has 0 saturated carbocycles. The summed E-state index contributed by atoms with van der Waals surface area (Å²) in [4.78, 5) is 0. The maximum Gasteiger partial charge on any atom is 0.117 e. The zero-order valence-electron chi connectivity index (χ0n) is 8.44. The SMILES string of the molecule is CCn1cc(N)c(-c2ccccc2Cl)n1. The Morgan fingerprint density at radius 3 is 2.73 bits per heavy atom. The highest BCUT2D eigenvalue weighted by Gasteiger charge is 2.10. The molecule has 0 atom stereocenters. The lowest BCUT2D eigenvalue weighted by atomic mass is 10.1. The molecule has 0 radical (unpaired) electrons. The van der Waals surface area contributed by atoms with E-state index >= 15 is 0 Å². The zero-order valence-corrected chi connectivity index (χ0v) is 9.20. The smallest absolute Gasteiger partial charge is 0.117 e. The fourth-order valence-electron chi connectivity index (χ4n) is 1.46. The molecular formula is C11H12ClN3. The molecule has 0 aliphatic carbocycles. The van der Waals surface area contributed by atoms with E-state index in [9.17, 15) is 0 Å². The van der Waals surface area contributed by atoms with Crippen molar-refractivity contribution in [3.8, 4) is 11.3 Å². The van der Waals surface area contributed by atoms with Crippen molar-refractivity contribution >= 4 is 17.3 Å².